The minimum atomic E-state index is 0.593. The lowest BCUT2D eigenvalue weighted by atomic mass is 10.2. The van der Waals surface area contributed by atoms with Gasteiger partial charge in [0, 0.05) is 0 Å². The molecule has 0 spiro atoms. The average molecular weight is 147 g/mol. The topological polar surface area (TPSA) is 49.6 Å². The summed E-state index contributed by atoms with van der Waals surface area (Å²) in [6, 6.07) is 2.07. The van der Waals surface area contributed by atoms with Gasteiger partial charge in [0.15, 0.2) is 0 Å². The molecule has 0 amide bonds. The Morgan fingerprint density at radius 3 is 1.91 bits per heavy atom. The van der Waals surface area contributed by atoms with Gasteiger partial charge in [-0.05, 0) is 20.8 Å². The van der Waals surface area contributed by atoms with Crippen LogP contribution < -0.4 is 0 Å². The summed E-state index contributed by atoms with van der Waals surface area (Å²) in [5, 5.41) is 8.66. The van der Waals surface area contributed by atoms with Crippen molar-refractivity contribution in [1.29, 1.82) is 5.26 Å². The largest absolute Gasteiger partial charge is 0.237 e. The van der Waals surface area contributed by atoms with E-state index in [-0.39, 0.29) is 0 Å². The zero-order chi connectivity index (χ0) is 8.43. The fraction of sp³-hybridized carbons (Fsp3) is 0.375. The minimum absolute atomic E-state index is 0.593. The molecule has 3 nitrogen and oxygen atoms in total. The van der Waals surface area contributed by atoms with Gasteiger partial charge < -0.3 is 0 Å². The second-order valence-electron chi connectivity index (χ2n) is 2.43. The first-order valence-corrected chi connectivity index (χ1v) is 3.37. The lowest BCUT2D eigenvalue weighted by molar-refractivity contribution is 0.965. The molecule has 3 heteroatoms. The number of nitrogens with zero attached hydrogens (tertiary/aromatic N) is 3. The lowest BCUT2D eigenvalue weighted by Gasteiger charge is -2.00. The Balaban J connectivity index is 3.40. The van der Waals surface area contributed by atoms with Crippen LogP contribution >= 0.6 is 0 Å². The van der Waals surface area contributed by atoms with Crippen molar-refractivity contribution in [2.24, 2.45) is 0 Å². The molecular formula is C8H9N3. The van der Waals surface area contributed by atoms with Crippen LogP contribution in [-0.4, -0.2) is 9.97 Å². The summed E-state index contributed by atoms with van der Waals surface area (Å²) < 4.78 is 0. The van der Waals surface area contributed by atoms with E-state index in [2.05, 4.69) is 16.0 Å². The summed E-state index contributed by atoms with van der Waals surface area (Å²) in [5.74, 6) is 0.721. The van der Waals surface area contributed by atoms with Crippen LogP contribution in [0.3, 0.4) is 0 Å². The van der Waals surface area contributed by atoms with Gasteiger partial charge in [0.05, 0.1) is 17.0 Å². The summed E-state index contributed by atoms with van der Waals surface area (Å²) in [5.41, 5.74) is 2.12. The molecule has 0 aliphatic rings. The molecule has 0 unspecified atom stereocenters. The molecule has 1 rings (SSSR count). The molecule has 0 radical (unpaired) electrons. The van der Waals surface area contributed by atoms with Crippen molar-refractivity contribution in [3.05, 3.63) is 22.8 Å². The van der Waals surface area contributed by atoms with E-state index in [0.717, 1.165) is 17.2 Å². The molecule has 1 aromatic rings. The van der Waals surface area contributed by atoms with Gasteiger partial charge in [-0.1, -0.05) is 0 Å². The highest BCUT2D eigenvalue weighted by Crippen LogP contribution is 2.07. The van der Waals surface area contributed by atoms with Gasteiger partial charge in [-0.3, -0.25) is 0 Å². The first-order chi connectivity index (χ1) is 5.15. The smallest absolute Gasteiger partial charge is 0.125 e. The van der Waals surface area contributed by atoms with Crippen molar-refractivity contribution in [2.45, 2.75) is 20.8 Å². The third-order valence-corrected chi connectivity index (χ3v) is 1.49. The van der Waals surface area contributed by atoms with Crippen molar-refractivity contribution < 1.29 is 0 Å². The van der Waals surface area contributed by atoms with Crippen LogP contribution in [0.15, 0.2) is 0 Å². The lowest BCUT2D eigenvalue weighted by Crippen LogP contribution is -1.98. The second kappa shape index (κ2) is 2.67. The van der Waals surface area contributed by atoms with E-state index >= 15 is 0 Å². The Labute approximate surface area is 65.7 Å². The van der Waals surface area contributed by atoms with Crippen molar-refractivity contribution >= 4 is 0 Å². The molecule has 0 atom stereocenters. The number of aromatic nitrogens is 2. The highest BCUT2D eigenvalue weighted by atomic mass is 14.9. The third-order valence-electron chi connectivity index (χ3n) is 1.49. The zero-order valence-corrected chi connectivity index (χ0v) is 6.84. The monoisotopic (exact) mass is 147 g/mol. The maximum absolute atomic E-state index is 8.66. The highest BCUT2D eigenvalue weighted by molar-refractivity contribution is 5.35. The van der Waals surface area contributed by atoms with Gasteiger partial charge in [-0.2, -0.15) is 5.26 Å². The number of hydrogen-bond acceptors (Lipinski definition) is 3. The van der Waals surface area contributed by atoms with E-state index in [1.54, 1.807) is 0 Å². The van der Waals surface area contributed by atoms with Gasteiger partial charge >= 0.3 is 0 Å². The maximum Gasteiger partial charge on any atom is 0.125 e. The molecule has 0 saturated carbocycles. The van der Waals surface area contributed by atoms with E-state index in [1.165, 1.54) is 0 Å². The van der Waals surface area contributed by atoms with Crippen LogP contribution in [0.25, 0.3) is 0 Å². The van der Waals surface area contributed by atoms with Crippen LogP contribution in [0.5, 0.6) is 0 Å². The quantitative estimate of drug-likeness (QED) is 0.555. The summed E-state index contributed by atoms with van der Waals surface area (Å²) >= 11 is 0. The zero-order valence-electron chi connectivity index (χ0n) is 6.84. The number of nitriles is 1. The number of aryl methyl sites for hydroxylation is 3. The SMILES string of the molecule is Cc1nc(C)c(C#N)c(C)n1. The summed E-state index contributed by atoms with van der Waals surface area (Å²) in [4.78, 5) is 8.14. The van der Waals surface area contributed by atoms with Gasteiger partial charge in [-0.25, -0.2) is 9.97 Å². The van der Waals surface area contributed by atoms with Crippen LogP contribution in [-0.2, 0) is 0 Å². The molecule has 0 aliphatic carbocycles. The molecule has 11 heavy (non-hydrogen) atoms. The molecule has 1 heterocycles. The van der Waals surface area contributed by atoms with Crippen LogP contribution in [0.4, 0.5) is 0 Å². The summed E-state index contributed by atoms with van der Waals surface area (Å²) in [6.07, 6.45) is 0. The molecule has 0 aliphatic heterocycles. The summed E-state index contributed by atoms with van der Waals surface area (Å²) in [7, 11) is 0. The molecule has 1 aromatic heterocycles. The second-order valence-corrected chi connectivity index (χ2v) is 2.43. The van der Waals surface area contributed by atoms with E-state index in [1.807, 2.05) is 20.8 Å². The molecular weight excluding hydrogens is 138 g/mol. The predicted molar refractivity (Wildman–Crippen MR) is 41.0 cm³/mol. The molecule has 0 aromatic carbocycles. The van der Waals surface area contributed by atoms with Crippen molar-refractivity contribution in [1.82, 2.24) is 9.97 Å². The van der Waals surface area contributed by atoms with Crippen LogP contribution in [0, 0.1) is 32.1 Å². The molecule has 0 bridgehead atoms. The number of rotatable bonds is 0. The fourth-order valence-electron chi connectivity index (χ4n) is 1.05. The van der Waals surface area contributed by atoms with E-state index in [4.69, 9.17) is 5.26 Å². The Morgan fingerprint density at radius 1 is 1.09 bits per heavy atom. The van der Waals surface area contributed by atoms with Gasteiger partial charge in [0.1, 0.15) is 11.9 Å². The fourth-order valence-corrected chi connectivity index (χ4v) is 1.05. The first-order valence-electron chi connectivity index (χ1n) is 3.37. The van der Waals surface area contributed by atoms with E-state index in [0.29, 0.717) is 5.56 Å². The van der Waals surface area contributed by atoms with Crippen LogP contribution in [0.1, 0.15) is 22.8 Å². The Hall–Kier alpha value is -1.43. The van der Waals surface area contributed by atoms with Gasteiger partial charge in [0.2, 0.25) is 0 Å². The van der Waals surface area contributed by atoms with Crippen molar-refractivity contribution in [3.63, 3.8) is 0 Å². The third kappa shape index (κ3) is 1.35. The molecule has 56 valence electrons. The average Bonchev–Trinajstić information content (AvgIpc) is 1.85. The molecule has 0 saturated heterocycles. The number of hydrogen-bond donors (Lipinski definition) is 0. The predicted octanol–water partition coefficient (Wildman–Crippen LogP) is 1.27. The Kier molecular flexibility index (Phi) is 1.86. The molecule has 0 N–H and O–H groups in total. The Morgan fingerprint density at radius 2 is 1.55 bits per heavy atom. The molecule has 0 fully saturated rings. The van der Waals surface area contributed by atoms with E-state index in [9.17, 15) is 0 Å². The van der Waals surface area contributed by atoms with E-state index < -0.39 is 0 Å². The minimum Gasteiger partial charge on any atom is -0.237 e. The Bertz CT molecular complexity index is 300. The first kappa shape index (κ1) is 7.67. The normalized spacial score (nSPS) is 9.27. The maximum atomic E-state index is 8.66. The van der Waals surface area contributed by atoms with Gasteiger partial charge in [-0.15, -0.1) is 0 Å². The highest BCUT2D eigenvalue weighted by Gasteiger charge is 2.03. The van der Waals surface area contributed by atoms with Gasteiger partial charge in [0.25, 0.3) is 0 Å². The van der Waals surface area contributed by atoms with Crippen molar-refractivity contribution in [3.8, 4) is 6.07 Å². The van der Waals surface area contributed by atoms with Crippen molar-refractivity contribution in [2.75, 3.05) is 0 Å². The summed E-state index contributed by atoms with van der Waals surface area (Å²) in [6.45, 7) is 5.46. The van der Waals surface area contributed by atoms with Crippen LogP contribution in [0.2, 0.25) is 0 Å². The standard InChI is InChI=1S/C8H9N3/c1-5-8(4-9)6(2)11-7(3)10-5/h1-3H3.